The summed E-state index contributed by atoms with van der Waals surface area (Å²) in [5.41, 5.74) is 3.43. The van der Waals surface area contributed by atoms with Crippen molar-refractivity contribution in [3.63, 3.8) is 0 Å². The topological polar surface area (TPSA) is 45.5 Å². The van der Waals surface area contributed by atoms with Gasteiger partial charge in [0.25, 0.3) is 0 Å². The van der Waals surface area contributed by atoms with Crippen molar-refractivity contribution in [3.05, 3.63) is 52.0 Å². The molecular formula is C18H15BrN2O2. The Bertz CT molecular complexity index is 822. The molecule has 0 atom stereocenters. The SMILES string of the molecule is CN(C)c1ccc(/C=C(\C#N)c2ccc3c(c2)OCO3)cc1Br. The van der Waals surface area contributed by atoms with E-state index >= 15 is 0 Å². The first-order valence-corrected chi connectivity index (χ1v) is 7.86. The zero-order valence-corrected chi connectivity index (χ0v) is 14.4. The van der Waals surface area contributed by atoms with Crippen molar-refractivity contribution in [1.82, 2.24) is 0 Å². The molecule has 0 radical (unpaired) electrons. The molecule has 1 heterocycles. The highest BCUT2D eigenvalue weighted by atomic mass is 79.9. The maximum atomic E-state index is 9.49. The Morgan fingerprint density at radius 3 is 2.65 bits per heavy atom. The summed E-state index contributed by atoms with van der Waals surface area (Å²) in [5, 5.41) is 9.49. The van der Waals surface area contributed by atoms with E-state index in [1.54, 1.807) is 0 Å². The lowest BCUT2D eigenvalue weighted by Gasteiger charge is -2.14. The van der Waals surface area contributed by atoms with Crippen molar-refractivity contribution < 1.29 is 9.47 Å². The van der Waals surface area contributed by atoms with Gasteiger partial charge in [0.1, 0.15) is 0 Å². The van der Waals surface area contributed by atoms with E-state index in [1.807, 2.05) is 61.5 Å². The molecule has 0 spiro atoms. The van der Waals surface area contributed by atoms with Crippen LogP contribution < -0.4 is 14.4 Å². The number of anilines is 1. The van der Waals surface area contributed by atoms with Crippen LogP contribution in [-0.2, 0) is 0 Å². The number of hydrogen-bond acceptors (Lipinski definition) is 4. The molecule has 0 fully saturated rings. The number of rotatable bonds is 3. The Hall–Kier alpha value is -2.45. The second kappa shape index (κ2) is 6.35. The summed E-state index contributed by atoms with van der Waals surface area (Å²) < 4.78 is 11.7. The first-order valence-electron chi connectivity index (χ1n) is 7.07. The molecule has 1 aliphatic heterocycles. The van der Waals surface area contributed by atoms with E-state index in [0.717, 1.165) is 21.3 Å². The van der Waals surface area contributed by atoms with E-state index in [2.05, 4.69) is 22.0 Å². The molecule has 2 aromatic carbocycles. The van der Waals surface area contributed by atoms with Crippen molar-refractivity contribution in [2.75, 3.05) is 25.8 Å². The third-order valence-electron chi connectivity index (χ3n) is 3.57. The van der Waals surface area contributed by atoms with Crippen molar-refractivity contribution in [3.8, 4) is 17.6 Å². The minimum Gasteiger partial charge on any atom is -0.454 e. The number of nitrogens with zero attached hydrogens (tertiary/aromatic N) is 2. The lowest BCUT2D eigenvalue weighted by Crippen LogP contribution is -2.09. The maximum absolute atomic E-state index is 9.49. The Labute approximate surface area is 143 Å². The Morgan fingerprint density at radius 1 is 1.17 bits per heavy atom. The molecular weight excluding hydrogens is 356 g/mol. The second-order valence-electron chi connectivity index (χ2n) is 5.34. The molecule has 1 aliphatic rings. The van der Waals surface area contributed by atoms with Crippen LogP contribution in [0.1, 0.15) is 11.1 Å². The number of nitriles is 1. The lowest BCUT2D eigenvalue weighted by atomic mass is 10.0. The van der Waals surface area contributed by atoms with Crippen LogP contribution in [0.4, 0.5) is 5.69 Å². The fraction of sp³-hybridized carbons (Fsp3) is 0.167. The van der Waals surface area contributed by atoms with E-state index in [-0.39, 0.29) is 6.79 Å². The zero-order valence-electron chi connectivity index (χ0n) is 12.8. The first-order chi connectivity index (χ1) is 11.1. The molecule has 3 rings (SSSR count). The highest BCUT2D eigenvalue weighted by Gasteiger charge is 2.14. The van der Waals surface area contributed by atoms with Crippen LogP contribution in [0.2, 0.25) is 0 Å². The summed E-state index contributed by atoms with van der Waals surface area (Å²) in [6, 6.07) is 13.8. The number of fused-ring (bicyclic) bond motifs is 1. The van der Waals surface area contributed by atoms with Gasteiger partial charge in [-0.05, 0) is 63.5 Å². The average Bonchev–Trinajstić information content (AvgIpc) is 2.99. The van der Waals surface area contributed by atoms with Crippen LogP contribution in [0.25, 0.3) is 11.6 Å². The van der Waals surface area contributed by atoms with Crippen molar-refractivity contribution in [2.24, 2.45) is 0 Å². The van der Waals surface area contributed by atoms with Crippen LogP contribution in [-0.4, -0.2) is 20.9 Å². The van der Waals surface area contributed by atoms with Gasteiger partial charge < -0.3 is 14.4 Å². The van der Waals surface area contributed by atoms with E-state index in [4.69, 9.17) is 9.47 Å². The third kappa shape index (κ3) is 3.17. The molecule has 0 unspecified atom stereocenters. The van der Waals surface area contributed by atoms with Gasteiger partial charge >= 0.3 is 0 Å². The van der Waals surface area contributed by atoms with Crippen LogP contribution in [0, 0.1) is 11.3 Å². The zero-order chi connectivity index (χ0) is 16.4. The van der Waals surface area contributed by atoms with Crippen LogP contribution in [0.3, 0.4) is 0 Å². The number of halogens is 1. The number of benzene rings is 2. The van der Waals surface area contributed by atoms with E-state index in [0.29, 0.717) is 17.1 Å². The smallest absolute Gasteiger partial charge is 0.231 e. The molecule has 23 heavy (non-hydrogen) atoms. The van der Waals surface area contributed by atoms with Gasteiger partial charge in [-0.2, -0.15) is 5.26 Å². The van der Waals surface area contributed by atoms with Crippen LogP contribution in [0.5, 0.6) is 11.5 Å². The molecule has 0 saturated carbocycles. The van der Waals surface area contributed by atoms with Gasteiger partial charge in [-0.3, -0.25) is 0 Å². The quantitative estimate of drug-likeness (QED) is 0.596. The van der Waals surface area contributed by atoms with E-state index < -0.39 is 0 Å². The second-order valence-corrected chi connectivity index (χ2v) is 6.20. The summed E-state index contributed by atoms with van der Waals surface area (Å²) in [4.78, 5) is 2.03. The molecule has 0 amide bonds. The first kappa shape index (κ1) is 15.4. The minimum atomic E-state index is 0.226. The van der Waals surface area contributed by atoms with Gasteiger partial charge in [-0.1, -0.05) is 6.07 Å². The van der Waals surface area contributed by atoms with E-state index in [1.165, 1.54) is 0 Å². The lowest BCUT2D eigenvalue weighted by molar-refractivity contribution is 0.174. The van der Waals surface area contributed by atoms with Gasteiger partial charge in [-0.15, -0.1) is 0 Å². The number of ether oxygens (including phenoxy) is 2. The molecule has 0 N–H and O–H groups in total. The highest BCUT2D eigenvalue weighted by molar-refractivity contribution is 9.10. The predicted molar refractivity (Wildman–Crippen MR) is 94.5 cm³/mol. The third-order valence-corrected chi connectivity index (χ3v) is 4.20. The summed E-state index contributed by atoms with van der Waals surface area (Å²) in [6.07, 6.45) is 1.86. The fourth-order valence-corrected chi connectivity index (χ4v) is 3.14. The van der Waals surface area contributed by atoms with E-state index in [9.17, 15) is 5.26 Å². The van der Waals surface area contributed by atoms with Crippen molar-refractivity contribution in [2.45, 2.75) is 0 Å². The molecule has 116 valence electrons. The summed E-state index contributed by atoms with van der Waals surface area (Å²) in [7, 11) is 3.98. The maximum Gasteiger partial charge on any atom is 0.231 e. The Balaban J connectivity index is 1.96. The molecule has 5 heteroatoms. The molecule has 0 aromatic heterocycles. The standard InChI is InChI=1S/C18H15BrN2O2/c1-21(2)16-5-3-12(8-15(16)19)7-14(10-20)13-4-6-17-18(9-13)23-11-22-17/h3-9H,11H2,1-2H3/b14-7+. The van der Waals surface area contributed by atoms with Crippen LogP contribution in [0.15, 0.2) is 40.9 Å². The molecule has 4 nitrogen and oxygen atoms in total. The molecule has 0 aliphatic carbocycles. The van der Waals surface area contributed by atoms with Crippen molar-refractivity contribution in [1.29, 1.82) is 5.26 Å². The number of allylic oxidation sites excluding steroid dienone is 1. The average molecular weight is 371 g/mol. The summed E-state index contributed by atoms with van der Waals surface area (Å²) >= 11 is 3.57. The monoisotopic (exact) mass is 370 g/mol. The largest absolute Gasteiger partial charge is 0.454 e. The van der Waals surface area contributed by atoms with Crippen molar-refractivity contribution >= 4 is 33.3 Å². The van der Waals surface area contributed by atoms with Gasteiger partial charge in [-0.25, -0.2) is 0 Å². The Kier molecular flexibility index (Phi) is 4.26. The van der Waals surface area contributed by atoms with Crippen LogP contribution >= 0.6 is 15.9 Å². The highest BCUT2D eigenvalue weighted by Crippen LogP contribution is 2.35. The van der Waals surface area contributed by atoms with Gasteiger partial charge in [0.15, 0.2) is 11.5 Å². The summed E-state index contributed by atoms with van der Waals surface area (Å²) in [6.45, 7) is 0.226. The normalized spacial score (nSPS) is 12.9. The fourth-order valence-electron chi connectivity index (χ4n) is 2.39. The van der Waals surface area contributed by atoms with Gasteiger partial charge in [0, 0.05) is 18.6 Å². The molecule has 0 saturated heterocycles. The Morgan fingerprint density at radius 2 is 1.96 bits per heavy atom. The molecule has 2 aromatic rings. The predicted octanol–water partition coefficient (Wildman–Crippen LogP) is 4.31. The number of hydrogen-bond donors (Lipinski definition) is 0. The van der Waals surface area contributed by atoms with Gasteiger partial charge in [0.2, 0.25) is 6.79 Å². The molecule has 0 bridgehead atoms. The summed E-state index contributed by atoms with van der Waals surface area (Å²) in [5.74, 6) is 1.39. The minimum absolute atomic E-state index is 0.226. The van der Waals surface area contributed by atoms with Gasteiger partial charge in [0.05, 0.1) is 17.3 Å².